The van der Waals surface area contributed by atoms with E-state index >= 15 is 0 Å². The fraction of sp³-hybridized carbons (Fsp3) is 0.231. The van der Waals surface area contributed by atoms with E-state index in [9.17, 15) is 4.79 Å². The summed E-state index contributed by atoms with van der Waals surface area (Å²) in [7, 11) is 0. The van der Waals surface area contributed by atoms with Gasteiger partial charge in [-0.05, 0) is 49.2 Å². The summed E-state index contributed by atoms with van der Waals surface area (Å²) in [5, 5.41) is 3.75. The molecule has 0 atom stereocenters. The number of hydrogen-bond acceptors (Lipinski definition) is 3. The fourth-order valence-electron chi connectivity index (χ4n) is 3.63. The third-order valence-electron chi connectivity index (χ3n) is 5.33. The Bertz CT molecular complexity index is 1140. The number of nitrogens with one attached hydrogen (secondary N) is 1. The number of amides is 1. The normalized spacial score (nSPS) is 12.4. The monoisotopic (exact) mass is 448 g/mol. The Hall–Kier alpha value is -2.56. The first kappa shape index (κ1) is 21.7. The molecule has 158 valence electrons. The smallest absolute Gasteiger partial charge is 0.251 e. The van der Waals surface area contributed by atoms with Crippen molar-refractivity contribution in [1.29, 1.82) is 0 Å². The topological polar surface area (TPSA) is 41.5 Å². The summed E-state index contributed by atoms with van der Waals surface area (Å²) in [6.45, 7) is 4.84. The molecule has 0 unspecified atom stereocenters. The van der Waals surface area contributed by atoms with E-state index in [2.05, 4.69) is 30.4 Å². The number of carbonyl (C=O) groups excluding carboxylic acids is 1. The molecule has 0 bridgehead atoms. The van der Waals surface area contributed by atoms with Crippen LogP contribution in [0.25, 0.3) is 0 Å². The zero-order valence-corrected chi connectivity index (χ0v) is 19.3. The summed E-state index contributed by atoms with van der Waals surface area (Å²) in [6, 6.07) is 20.0. The van der Waals surface area contributed by atoms with Crippen molar-refractivity contribution in [2.24, 2.45) is 4.99 Å². The highest BCUT2D eigenvalue weighted by Gasteiger charge is 2.21. The number of fused-ring (bicyclic) bond motifs is 2. The first-order chi connectivity index (χ1) is 15.1. The van der Waals surface area contributed by atoms with Gasteiger partial charge >= 0.3 is 0 Å². The number of halogens is 1. The number of unbranched alkanes of at least 4 members (excludes halogenated alkanes) is 2. The van der Waals surface area contributed by atoms with Crippen LogP contribution in [0.15, 0.2) is 75.4 Å². The van der Waals surface area contributed by atoms with Crippen LogP contribution in [0.5, 0.6) is 0 Å². The van der Waals surface area contributed by atoms with Crippen molar-refractivity contribution in [3.8, 4) is 0 Å². The Balaban J connectivity index is 1.77. The lowest BCUT2D eigenvalue weighted by molar-refractivity contribution is 0.0952. The Kier molecular flexibility index (Phi) is 6.79. The summed E-state index contributed by atoms with van der Waals surface area (Å²) in [6.07, 6.45) is 3.25. The van der Waals surface area contributed by atoms with Gasteiger partial charge < -0.3 is 5.32 Å². The van der Waals surface area contributed by atoms with Gasteiger partial charge in [0, 0.05) is 38.0 Å². The van der Waals surface area contributed by atoms with Crippen LogP contribution in [0.2, 0.25) is 5.02 Å². The van der Waals surface area contributed by atoms with Crippen LogP contribution in [-0.2, 0) is 0 Å². The summed E-state index contributed by atoms with van der Waals surface area (Å²) in [5.41, 5.74) is 5.42. The van der Waals surface area contributed by atoms with E-state index < -0.39 is 0 Å². The fourth-order valence-corrected chi connectivity index (χ4v) is 4.86. The van der Waals surface area contributed by atoms with Gasteiger partial charge in [-0.15, -0.1) is 0 Å². The third-order valence-corrected chi connectivity index (χ3v) is 6.70. The van der Waals surface area contributed by atoms with E-state index in [4.69, 9.17) is 16.6 Å². The maximum atomic E-state index is 12.8. The quantitative estimate of drug-likeness (QED) is 0.317. The number of benzene rings is 3. The Morgan fingerprint density at radius 2 is 1.81 bits per heavy atom. The molecule has 3 aromatic carbocycles. The number of aryl methyl sites for hydroxylation is 1. The van der Waals surface area contributed by atoms with Gasteiger partial charge in [0.25, 0.3) is 5.91 Å². The lowest BCUT2D eigenvalue weighted by Gasteiger charge is -2.11. The largest absolute Gasteiger partial charge is 0.352 e. The predicted molar refractivity (Wildman–Crippen MR) is 130 cm³/mol. The van der Waals surface area contributed by atoms with Crippen LogP contribution in [-0.4, -0.2) is 18.2 Å². The van der Waals surface area contributed by atoms with Crippen molar-refractivity contribution in [2.45, 2.75) is 42.9 Å². The summed E-state index contributed by atoms with van der Waals surface area (Å²) in [4.78, 5) is 20.1. The van der Waals surface area contributed by atoms with Gasteiger partial charge in [-0.3, -0.25) is 4.79 Å². The zero-order chi connectivity index (χ0) is 21.8. The Morgan fingerprint density at radius 3 is 2.58 bits per heavy atom. The minimum absolute atomic E-state index is 0.0357. The van der Waals surface area contributed by atoms with Crippen molar-refractivity contribution in [3.05, 3.63) is 87.9 Å². The molecule has 1 amide bonds. The highest BCUT2D eigenvalue weighted by molar-refractivity contribution is 7.99. The van der Waals surface area contributed by atoms with Crippen molar-refractivity contribution in [3.63, 3.8) is 0 Å². The average Bonchev–Trinajstić information content (AvgIpc) is 2.93. The molecule has 3 nitrogen and oxygen atoms in total. The standard InChI is InChI=1S/C26H25ClN2OS/c1-3-4-7-14-28-26(30)21-16-22-24(15-17(21)2)31-23-9-6-5-8-20(23)25(29-22)18-10-12-19(27)13-11-18/h5-6,8-13,15-16H,3-4,7,14H2,1-2H3,(H,28,30). The lowest BCUT2D eigenvalue weighted by atomic mass is 10.0. The average molecular weight is 449 g/mol. The van der Waals surface area contributed by atoms with Gasteiger partial charge in [0.2, 0.25) is 0 Å². The number of aliphatic imine (C=N–C) groups is 1. The van der Waals surface area contributed by atoms with E-state index in [0.717, 1.165) is 57.1 Å². The minimum atomic E-state index is -0.0357. The Labute approximate surface area is 192 Å². The molecular weight excluding hydrogens is 424 g/mol. The van der Waals surface area contributed by atoms with Gasteiger partial charge in [-0.25, -0.2) is 4.99 Å². The molecule has 0 radical (unpaired) electrons. The highest BCUT2D eigenvalue weighted by atomic mass is 35.5. The minimum Gasteiger partial charge on any atom is -0.352 e. The maximum absolute atomic E-state index is 12.8. The second kappa shape index (κ2) is 9.71. The van der Waals surface area contributed by atoms with Crippen LogP contribution in [0.3, 0.4) is 0 Å². The molecule has 0 aromatic heterocycles. The molecular formula is C26H25ClN2OS. The number of rotatable bonds is 6. The second-order valence-electron chi connectivity index (χ2n) is 7.66. The van der Waals surface area contributed by atoms with E-state index in [-0.39, 0.29) is 5.91 Å². The van der Waals surface area contributed by atoms with Gasteiger partial charge in [0.05, 0.1) is 11.4 Å². The maximum Gasteiger partial charge on any atom is 0.251 e. The first-order valence-electron chi connectivity index (χ1n) is 10.6. The molecule has 0 spiro atoms. The van der Waals surface area contributed by atoms with Crippen molar-refractivity contribution >= 4 is 40.7 Å². The molecule has 4 rings (SSSR count). The van der Waals surface area contributed by atoms with E-state index in [1.54, 1.807) is 11.8 Å². The molecule has 0 aliphatic carbocycles. The number of hydrogen-bond donors (Lipinski definition) is 1. The molecule has 0 saturated heterocycles. The van der Waals surface area contributed by atoms with Crippen molar-refractivity contribution in [2.75, 3.05) is 6.54 Å². The summed E-state index contributed by atoms with van der Waals surface area (Å²) < 4.78 is 0. The van der Waals surface area contributed by atoms with Crippen LogP contribution >= 0.6 is 23.4 Å². The van der Waals surface area contributed by atoms with Gasteiger partial charge in [-0.2, -0.15) is 0 Å². The second-order valence-corrected chi connectivity index (χ2v) is 9.18. The molecule has 1 aliphatic heterocycles. The van der Waals surface area contributed by atoms with Crippen LogP contribution in [0, 0.1) is 6.92 Å². The molecule has 5 heteroatoms. The third kappa shape index (κ3) is 4.86. The van der Waals surface area contributed by atoms with Crippen molar-refractivity contribution < 1.29 is 4.79 Å². The number of carbonyl (C=O) groups is 1. The highest BCUT2D eigenvalue weighted by Crippen LogP contribution is 2.42. The molecule has 1 heterocycles. The summed E-state index contributed by atoms with van der Waals surface area (Å²) in [5.74, 6) is -0.0357. The van der Waals surface area contributed by atoms with E-state index in [1.807, 2.05) is 49.4 Å². The van der Waals surface area contributed by atoms with Gasteiger partial charge in [-0.1, -0.05) is 73.5 Å². The van der Waals surface area contributed by atoms with Gasteiger partial charge in [0.1, 0.15) is 0 Å². The van der Waals surface area contributed by atoms with E-state index in [1.165, 1.54) is 0 Å². The number of nitrogens with zero attached hydrogens (tertiary/aromatic N) is 1. The lowest BCUT2D eigenvalue weighted by Crippen LogP contribution is -2.25. The van der Waals surface area contributed by atoms with Crippen LogP contribution in [0.1, 0.15) is 53.2 Å². The van der Waals surface area contributed by atoms with Crippen LogP contribution < -0.4 is 5.32 Å². The molecule has 0 fully saturated rings. The predicted octanol–water partition coefficient (Wildman–Crippen LogP) is 7.20. The molecule has 0 saturated carbocycles. The molecule has 1 aliphatic rings. The molecule has 3 aromatic rings. The van der Waals surface area contributed by atoms with Crippen LogP contribution in [0.4, 0.5) is 5.69 Å². The van der Waals surface area contributed by atoms with Gasteiger partial charge in [0.15, 0.2) is 0 Å². The van der Waals surface area contributed by atoms with Crippen molar-refractivity contribution in [1.82, 2.24) is 5.32 Å². The summed E-state index contributed by atoms with van der Waals surface area (Å²) >= 11 is 7.80. The molecule has 1 N–H and O–H groups in total. The first-order valence-corrected chi connectivity index (χ1v) is 11.8. The zero-order valence-electron chi connectivity index (χ0n) is 17.7. The Morgan fingerprint density at radius 1 is 1.03 bits per heavy atom. The molecule has 31 heavy (non-hydrogen) atoms. The SMILES string of the molecule is CCCCCNC(=O)c1cc2c(cc1C)Sc1ccccc1C(c1ccc(Cl)cc1)=N2. The van der Waals surface area contributed by atoms with E-state index in [0.29, 0.717) is 17.1 Å².